The average molecular weight is 579 g/mol. The number of carbonyl (C=O) groups excluding carboxylic acids is 4. The van der Waals surface area contributed by atoms with E-state index in [4.69, 9.17) is 4.74 Å². The molecule has 1 N–H and O–H groups in total. The van der Waals surface area contributed by atoms with Gasteiger partial charge in [0.2, 0.25) is 5.91 Å². The Morgan fingerprint density at radius 2 is 1.63 bits per heavy atom. The van der Waals surface area contributed by atoms with Gasteiger partial charge in [-0.05, 0) is 61.2 Å². The lowest BCUT2D eigenvalue weighted by atomic mass is 9.85. The maximum Gasteiger partial charge on any atom is 0.416 e. The number of alkyl halides is 3. The number of hydrogen-bond donors (Lipinski definition) is 1. The monoisotopic (exact) mass is 578 g/mol. The summed E-state index contributed by atoms with van der Waals surface area (Å²) in [5.74, 6) is -3.17. The summed E-state index contributed by atoms with van der Waals surface area (Å²) in [6, 6.07) is 6.48. The molecule has 1 spiro atoms. The number of benzene rings is 2. The fourth-order valence-corrected chi connectivity index (χ4v) is 5.26. The van der Waals surface area contributed by atoms with E-state index in [1.807, 2.05) is 0 Å². The molecule has 2 aromatic carbocycles. The Morgan fingerprint density at radius 1 is 1.02 bits per heavy atom. The van der Waals surface area contributed by atoms with Crippen molar-refractivity contribution in [3.63, 3.8) is 0 Å². The Morgan fingerprint density at radius 3 is 2.17 bits per heavy atom. The number of halogens is 4. The lowest BCUT2D eigenvalue weighted by molar-refractivity contribution is -0.139. The predicted octanol–water partition coefficient (Wildman–Crippen LogP) is 4.07. The van der Waals surface area contributed by atoms with Gasteiger partial charge in [0.15, 0.2) is 0 Å². The zero-order valence-corrected chi connectivity index (χ0v) is 22.9. The molecule has 2 aliphatic rings. The van der Waals surface area contributed by atoms with Crippen LogP contribution >= 0.6 is 0 Å². The maximum absolute atomic E-state index is 14.3. The van der Waals surface area contributed by atoms with Gasteiger partial charge in [-0.2, -0.15) is 13.2 Å². The number of ether oxygens (including phenoxy) is 1. The number of anilines is 1. The molecule has 4 rings (SSSR count). The van der Waals surface area contributed by atoms with Crippen molar-refractivity contribution in [3.05, 3.63) is 59.4 Å². The Bertz CT molecular complexity index is 1350. The normalized spacial score (nSPS) is 17.8. The van der Waals surface area contributed by atoms with E-state index >= 15 is 0 Å². The summed E-state index contributed by atoms with van der Waals surface area (Å²) in [6.45, 7) is 3.40. The first-order valence-electron chi connectivity index (χ1n) is 12.9. The third kappa shape index (κ3) is 5.44. The third-order valence-corrected chi connectivity index (χ3v) is 7.60. The minimum Gasteiger partial charge on any atom is -0.497 e. The second-order valence-corrected chi connectivity index (χ2v) is 10.4. The van der Waals surface area contributed by atoms with Crippen LogP contribution in [0.5, 0.6) is 5.75 Å². The van der Waals surface area contributed by atoms with Crippen molar-refractivity contribution in [3.8, 4) is 5.75 Å². The van der Waals surface area contributed by atoms with Crippen molar-refractivity contribution in [2.24, 2.45) is 5.92 Å². The van der Waals surface area contributed by atoms with Crippen LogP contribution in [0.4, 0.5) is 28.0 Å². The SMILES string of the molecule is COc1ccc(N2C(=O)N(C)C(=O)C23CCN(C(=O)[C@H](NC(=O)c2cc(C(F)(F)F)ccc2F)C(C)C)CC3)cc1. The van der Waals surface area contributed by atoms with Gasteiger partial charge >= 0.3 is 12.2 Å². The first-order chi connectivity index (χ1) is 19.2. The molecule has 41 heavy (non-hydrogen) atoms. The van der Waals surface area contributed by atoms with Crippen molar-refractivity contribution < 1.29 is 41.5 Å². The Labute approximate surface area is 234 Å². The highest BCUT2D eigenvalue weighted by molar-refractivity contribution is 6.16. The van der Waals surface area contributed by atoms with E-state index in [2.05, 4.69) is 5.32 Å². The second kappa shape index (κ2) is 11.0. The summed E-state index contributed by atoms with van der Waals surface area (Å²) >= 11 is 0. The number of carbonyl (C=O) groups is 4. The molecule has 1 atom stereocenters. The molecule has 13 heteroatoms. The van der Waals surface area contributed by atoms with Crippen LogP contribution in [-0.2, 0) is 15.8 Å². The quantitative estimate of drug-likeness (QED) is 0.412. The number of urea groups is 1. The molecule has 0 radical (unpaired) electrons. The smallest absolute Gasteiger partial charge is 0.416 e. The highest BCUT2D eigenvalue weighted by atomic mass is 19.4. The number of methoxy groups -OCH3 is 1. The molecule has 2 fully saturated rings. The van der Waals surface area contributed by atoms with Crippen LogP contribution in [0, 0.1) is 11.7 Å². The van der Waals surface area contributed by atoms with Crippen LogP contribution < -0.4 is 15.0 Å². The van der Waals surface area contributed by atoms with Crippen LogP contribution in [-0.4, -0.2) is 72.4 Å². The zero-order valence-electron chi connectivity index (χ0n) is 22.9. The number of imide groups is 1. The van der Waals surface area contributed by atoms with Crippen LogP contribution in [0.3, 0.4) is 0 Å². The number of nitrogens with zero attached hydrogens (tertiary/aromatic N) is 3. The molecule has 0 aromatic heterocycles. The van der Waals surface area contributed by atoms with Gasteiger partial charge in [0, 0.05) is 25.8 Å². The second-order valence-electron chi connectivity index (χ2n) is 10.4. The Balaban J connectivity index is 1.53. The van der Waals surface area contributed by atoms with E-state index < -0.39 is 64.4 Å². The molecule has 2 aromatic rings. The molecule has 5 amide bonds. The van der Waals surface area contributed by atoms with Crippen LogP contribution in [0.2, 0.25) is 0 Å². The molecule has 9 nitrogen and oxygen atoms in total. The van der Waals surface area contributed by atoms with Gasteiger partial charge in [-0.1, -0.05) is 13.8 Å². The standard InChI is InChI=1S/C28H30F4N4O5/c1-16(2)22(33-23(37)20-15-17(28(30,31)32)5-10-21(20)29)24(38)35-13-11-27(12-14-35)25(39)34(3)26(40)36(27)18-6-8-19(41-4)9-7-18/h5-10,15-16,22H,11-14H2,1-4H3,(H,33,37)/t22-/m1/s1. The van der Waals surface area contributed by atoms with E-state index in [1.165, 1.54) is 24.0 Å². The molecule has 220 valence electrons. The van der Waals surface area contributed by atoms with Gasteiger partial charge in [-0.25, -0.2) is 9.18 Å². The van der Waals surface area contributed by atoms with Crippen molar-refractivity contribution in [1.29, 1.82) is 0 Å². The van der Waals surface area contributed by atoms with Crippen LogP contribution in [0.25, 0.3) is 0 Å². The summed E-state index contributed by atoms with van der Waals surface area (Å²) in [4.78, 5) is 56.6. The number of likely N-dealkylation sites (N-methyl/N-ethyl adjacent to an activating group) is 1. The number of rotatable bonds is 6. The fourth-order valence-electron chi connectivity index (χ4n) is 5.26. The maximum atomic E-state index is 14.3. The molecule has 0 saturated carbocycles. The van der Waals surface area contributed by atoms with Gasteiger partial charge < -0.3 is 15.0 Å². The molecule has 0 unspecified atom stereocenters. The van der Waals surface area contributed by atoms with E-state index in [9.17, 15) is 36.7 Å². The van der Waals surface area contributed by atoms with Crippen LogP contribution in [0.1, 0.15) is 42.6 Å². The van der Waals surface area contributed by atoms with Gasteiger partial charge in [0.05, 0.1) is 18.2 Å². The molecular formula is C28H30F4N4O5. The first-order valence-corrected chi connectivity index (χ1v) is 12.9. The molecular weight excluding hydrogens is 548 g/mol. The molecule has 0 aliphatic carbocycles. The van der Waals surface area contributed by atoms with E-state index in [0.29, 0.717) is 29.6 Å². The fraction of sp³-hybridized carbons (Fsp3) is 0.429. The number of hydrogen-bond acceptors (Lipinski definition) is 5. The molecule has 0 bridgehead atoms. The minimum absolute atomic E-state index is 0.0648. The van der Waals surface area contributed by atoms with Gasteiger partial charge in [-0.15, -0.1) is 0 Å². The average Bonchev–Trinajstić information content (AvgIpc) is 3.11. The summed E-state index contributed by atoms with van der Waals surface area (Å²) < 4.78 is 58.9. The molecule has 2 saturated heterocycles. The van der Waals surface area contributed by atoms with Crippen molar-refractivity contribution in [1.82, 2.24) is 15.1 Å². The van der Waals surface area contributed by atoms with Gasteiger partial charge in [0.1, 0.15) is 23.1 Å². The van der Waals surface area contributed by atoms with E-state index in [0.717, 1.165) is 4.90 Å². The summed E-state index contributed by atoms with van der Waals surface area (Å²) in [5.41, 5.74) is -2.76. The lowest BCUT2D eigenvalue weighted by Gasteiger charge is -2.43. The number of amides is 5. The first kappa shape index (κ1) is 29.8. The van der Waals surface area contributed by atoms with Gasteiger partial charge in [-0.3, -0.25) is 24.2 Å². The summed E-state index contributed by atoms with van der Waals surface area (Å²) in [5, 5.41) is 2.39. The Hall–Kier alpha value is -4.16. The zero-order chi connectivity index (χ0) is 30.3. The lowest BCUT2D eigenvalue weighted by Crippen LogP contribution is -2.60. The molecule has 2 aliphatic heterocycles. The highest BCUT2D eigenvalue weighted by Crippen LogP contribution is 2.41. The van der Waals surface area contributed by atoms with E-state index in [1.54, 1.807) is 38.1 Å². The van der Waals surface area contributed by atoms with Crippen LogP contribution in [0.15, 0.2) is 42.5 Å². The largest absolute Gasteiger partial charge is 0.497 e. The number of nitrogens with one attached hydrogen (secondary N) is 1. The predicted molar refractivity (Wildman–Crippen MR) is 140 cm³/mol. The van der Waals surface area contributed by atoms with E-state index in [-0.39, 0.29) is 25.9 Å². The van der Waals surface area contributed by atoms with Crippen molar-refractivity contribution in [2.75, 3.05) is 32.1 Å². The van der Waals surface area contributed by atoms with Crippen molar-refractivity contribution in [2.45, 2.75) is 44.4 Å². The number of likely N-dealkylation sites (tertiary alicyclic amines) is 1. The van der Waals surface area contributed by atoms with Gasteiger partial charge in [0.25, 0.3) is 11.8 Å². The summed E-state index contributed by atoms with van der Waals surface area (Å²) in [7, 11) is 2.90. The Kier molecular flexibility index (Phi) is 8.01. The molecule has 2 heterocycles. The minimum atomic E-state index is -4.79. The third-order valence-electron chi connectivity index (χ3n) is 7.60. The highest BCUT2D eigenvalue weighted by Gasteiger charge is 2.58. The topological polar surface area (TPSA) is 99.3 Å². The number of piperidine rings is 1. The van der Waals surface area contributed by atoms with Crippen molar-refractivity contribution >= 4 is 29.4 Å². The summed E-state index contributed by atoms with van der Waals surface area (Å²) in [6.07, 6.45) is -4.56.